The number of aliphatic hydroxyl groups excluding tert-OH is 1. The van der Waals surface area contributed by atoms with Gasteiger partial charge in [0.25, 0.3) is 5.91 Å². The molecule has 8 heteroatoms. The maximum Gasteiger partial charge on any atom is 0.317 e. The first-order valence-electron chi connectivity index (χ1n) is 11.3. The number of nitrogens with zero attached hydrogens (tertiary/aromatic N) is 3. The summed E-state index contributed by atoms with van der Waals surface area (Å²) in [6.07, 6.45) is 3.48. The lowest BCUT2D eigenvalue weighted by atomic mass is 10.00. The van der Waals surface area contributed by atoms with Crippen molar-refractivity contribution in [1.82, 2.24) is 20.1 Å². The zero-order chi connectivity index (χ0) is 23.4. The molecule has 1 aliphatic carbocycles. The van der Waals surface area contributed by atoms with Crippen molar-refractivity contribution in [3.63, 3.8) is 0 Å². The minimum atomic E-state index is -0.381. The van der Waals surface area contributed by atoms with Crippen molar-refractivity contribution < 1.29 is 19.4 Å². The molecule has 174 valence electrons. The number of urea groups is 1. The molecule has 1 aromatic rings. The molecule has 32 heavy (non-hydrogen) atoms. The van der Waals surface area contributed by atoms with Gasteiger partial charge in [-0.15, -0.1) is 0 Å². The van der Waals surface area contributed by atoms with Gasteiger partial charge in [0, 0.05) is 43.2 Å². The Bertz CT molecular complexity index is 903. The summed E-state index contributed by atoms with van der Waals surface area (Å²) in [7, 11) is 1.72. The average molecular weight is 443 g/mol. The molecule has 1 saturated carbocycles. The van der Waals surface area contributed by atoms with Crippen LogP contribution >= 0.6 is 0 Å². The number of aliphatic hydroxyl groups is 1. The first-order chi connectivity index (χ1) is 15.2. The molecule has 3 atom stereocenters. The van der Waals surface area contributed by atoms with Crippen molar-refractivity contribution in [1.29, 1.82) is 0 Å². The van der Waals surface area contributed by atoms with Crippen LogP contribution in [0.5, 0.6) is 5.88 Å². The molecule has 0 saturated heterocycles. The van der Waals surface area contributed by atoms with E-state index in [0.717, 1.165) is 12.8 Å². The van der Waals surface area contributed by atoms with Crippen molar-refractivity contribution >= 4 is 11.9 Å². The molecule has 2 aliphatic rings. The summed E-state index contributed by atoms with van der Waals surface area (Å²) in [4.78, 5) is 33.4. The first-order valence-corrected chi connectivity index (χ1v) is 11.3. The Morgan fingerprint density at radius 3 is 2.75 bits per heavy atom. The summed E-state index contributed by atoms with van der Waals surface area (Å²) in [6, 6.07) is 1.20. The Labute approximate surface area is 190 Å². The van der Waals surface area contributed by atoms with Crippen LogP contribution in [0.1, 0.15) is 56.5 Å². The van der Waals surface area contributed by atoms with Crippen LogP contribution < -0.4 is 10.1 Å². The van der Waals surface area contributed by atoms with E-state index in [2.05, 4.69) is 22.1 Å². The largest absolute Gasteiger partial charge is 0.472 e. The molecule has 2 N–H and O–H groups in total. The van der Waals surface area contributed by atoms with Crippen LogP contribution in [0.2, 0.25) is 0 Å². The molecule has 0 radical (unpaired) electrons. The van der Waals surface area contributed by atoms with Gasteiger partial charge in [0.1, 0.15) is 11.7 Å². The van der Waals surface area contributed by atoms with Crippen molar-refractivity contribution in [3.05, 3.63) is 23.4 Å². The monoisotopic (exact) mass is 442 g/mol. The third kappa shape index (κ3) is 5.92. The van der Waals surface area contributed by atoms with E-state index in [0.29, 0.717) is 30.1 Å². The second-order valence-corrected chi connectivity index (χ2v) is 9.23. The number of rotatable bonds is 5. The summed E-state index contributed by atoms with van der Waals surface area (Å²) >= 11 is 0. The Morgan fingerprint density at radius 2 is 2.12 bits per heavy atom. The van der Waals surface area contributed by atoms with E-state index in [4.69, 9.17) is 4.74 Å². The Hall–Kier alpha value is -2.79. The van der Waals surface area contributed by atoms with Crippen LogP contribution in [-0.2, 0) is 0 Å². The van der Waals surface area contributed by atoms with Crippen LogP contribution in [0.15, 0.2) is 12.3 Å². The number of hydrogen-bond acceptors (Lipinski definition) is 5. The highest BCUT2D eigenvalue weighted by Gasteiger charge is 2.34. The fourth-order valence-corrected chi connectivity index (χ4v) is 3.51. The van der Waals surface area contributed by atoms with Gasteiger partial charge < -0.3 is 25.0 Å². The molecular weight excluding hydrogens is 408 g/mol. The van der Waals surface area contributed by atoms with Gasteiger partial charge >= 0.3 is 6.03 Å². The fourth-order valence-electron chi connectivity index (χ4n) is 3.51. The van der Waals surface area contributed by atoms with Gasteiger partial charge in [-0.3, -0.25) is 4.79 Å². The van der Waals surface area contributed by atoms with E-state index in [1.54, 1.807) is 29.1 Å². The topological polar surface area (TPSA) is 95.0 Å². The highest BCUT2D eigenvalue weighted by atomic mass is 16.5. The van der Waals surface area contributed by atoms with E-state index < -0.39 is 0 Å². The second kappa shape index (κ2) is 10.2. The smallest absolute Gasteiger partial charge is 0.317 e. The molecule has 1 aliphatic heterocycles. The molecule has 1 fully saturated rings. The number of likely N-dealkylation sites (N-methyl/N-ethyl adjacent to an activating group) is 1. The Balaban J connectivity index is 1.91. The number of nitrogens with one attached hydrogen (secondary N) is 1. The summed E-state index contributed by atoms with van der Waals surface area (Å²) < 4.78 is 6.21. The molecule has 1 aromatic heterocycles. The summed E-state index contributed by atoms with van der Waals surface area (Å²) in [5.74, 6) is 6.64. The minimum Gasteiger partial charge on any atom is -0.472 e. The lowest BCUT2D eigenvalue weighted by Crippen LogP contribution is -2.51. The number of ether oxygens (including phenoxy) is 1. The summed E-state index contributed by atoms with van der Waals surface area (Å²) in [5, 5.41) is 12.6. The molecule has 0 unspecified atom stereocenters. The van der Waals surface area contributed by atoms with Gasteiger partial charge in [-0.25, -0.2) is 9.78 Å². The number of aromatic nitrogens is 1. The van der Waals surface area contributed by atoms with Crippen molar-refractivity contribution in [2.45, 2.75) is 58.7 Å². The predicted octanol–water partition coefficient (Wildman–Crippen LogP) is 2.11. The highest BCUT2D eigenvalue weighted by Crippen LogP contribution is 2.29. The number of pyridine rings is 1. The SMILES string of the molecule is CC(C)NC(=O)N(C)C[C@@H]1Oc2ncc(C#CC3CC3)cc2C(=O)N([C@@H](C)CO)C[C@@H]1C. The van der Waals surface area contributed by atoms with Crippen LogP contribution in [0.3, 0.4) is 0 Å². The Morgan fingerprint density at radius 1 is 1.41 bits per heavy atom. The average Bonchev–Trinajstić information content (AvgIpc) is 3.58. The molecule has 8 nitrogen and oxygen atoms in total. The van der Waals surface area contributed by atoms with Crippen LogP contribution in [-0.4, -0.2) is 76.8 Å². The van der Waals surface area contributed by atoms with Gasteiger partial charge in [-0.2, -0.15) is 0 Å². The van der Waals surface area contributed by atoms with Gasteiger partial charge in [0.05, 0.1) is 19.2 Å². The molecule has 0 bridgehead atoms. The van der Waals surface area contributed by atoms with Crippen LogP contribution in [0.4, 0.5) is 4.79 Å². The normalized spacial score (nSPS) is 21.5. The van der Waals surface area contributed by atoms with E-state index in [-0.39, 0.29) is 48.5 Å². The van der Waals surface area contributed by atoms with Crippen molar-refractivity contribution in [2.75, 3.05) is 26.7 Å². The number of hydrogen-bond donors (Lipinski definition) is 2. The zero-order valence-electron chi connectivity index (χ0n) is 19.6. The Kier molecular flexibility index (Phi) is 7.62. The molecule has 3 rings (SSSR count). The van der Waals surface area contributed by atoms with Crippen molar-refractivity contribution in [2.24, 2.45) is 11.8 Å². The standard InChI is InChI=1S/C24H34N4O4/c1-15(2)26-24(31)27(5)13-21-16(3)12-28(17(4)14-29)23(30)20-10-19(9-8-18-6-7-18)11-25-22(20)32-21/h10-11,15-18,21,29H,6-7,12-14H2,1-5H3,(H,26,31)/t16-,17-,21-/m0/s1. The predicted molar refractivity (Wildman–Crippen MR) is 121 cm³/mol. The second-order valence-electron chi connectivity index (χ2n) is 9.23. The first kappa shape index (κ1) is 23.9. The van der Waals surface area contributed by atoms with E-state index >= 15 is 0 Å². The third-order valence-corrected chi connectivity index (χ3v) is 5.73. The zero-order valence-corrected chi connectivity index (χ0v) is 19.6. The van der Waals surface area contributed by atoms with Gasteiger partial charge in [0.15, 0.2) is 0 Å². The number of amides is 3. The third-order valence-electron chi connectivity index (χ3n) is 5.73. The minimum absolute atomic E-state index is 0.0247. The van der Waals surface area contributed by atoms with Gasteiger partial charge in [0.2, 0.25) is 5.88 Å². The van der Waals surface area contributed by atoms with Crippen molar-refractivity contribution in [3.8, 4) is 17.7 Å². The number of carbonyl (C=O) groups excluding carboxylic acids is 2. The fraction of sp³-hybridized carbons (Fsp3) is 0.625. The molecule has 2 heterocycles. The van der Waals surface area contributed by atoms with Gasteiger partial charge in [-0.05, 0) is 39.7 Å². The van der Waals surface area contributed by atoms with Crippen LogP contribution in [0.25, 0.3) is 0 Å². The number of carbonyl (C=O) groups is 2. The quantitative estimate of drug-likeness (QED) is 0.681. The molecular formula is C24H34N4O4. The summed E-state index contributed by atoms with van der Waals surface area (Å²) in [5.41, 5.74) is 1.00. The molecule has 0 aromatic carbocycles. The lowest BCUT2D eigenvalue weighted by molar-refractivity contribution is 0.0351. The molecule has 0 spiro atoms. The highest BCUT2D eigenvalue weighted by molar-refractivity contribution is 5.97. The maximum absolute atomic E-state index is 13.4. The van der Waals surface area contributed by atoms with Gasteiger partial charge in [-0.1, -0.05) is 18.8 Å². The maximum atomic E-state index is 13.4. The van der Waals surface area contributed by atoms with E-state index in [9.17, 15) is 14.7 Å². The van der Waals surface area contributed by atoms with E-state index in [1.165, 1.54) is 0 Å². The van der Waals surface area contributed by atoms with E-state index in [1.807, 2.05) is 27.7 Å². The van der Waals surface area contributed by atoms with Crippen LogP contribution in [0, 0.1) is 23.7 Å². The lowest BCUT2D eigenvalue weighted by Gasteiger charge is -2.37. The number of fused-ring (bicyclic) bond motifs is 1. The summed E-state index contributed by atoms with van der Waals surface area (Å²) in [6.45, 7) is 8.18. The molecule has 3 amide bonds.